The highest BCUT2D eigenvalue weighted by atomic mass is 79.9. The van der Waals surface area contributed by atoms with Gasteiger partial charge >= 0.3 is 0 Å². The molecule has 0 N–H and O–H groups in total. The number of ether oxygens (including phenoxy) is 2. The van der Waals surface area contributed by atoms with Gasteiger partial charge in [0, 0.05) is 11.1 Å². The maximum Gasteiger partial charge on any atom is 0.175 e. The number of methoxy groups -OCH3 is 1. The van der Waals surface area contributed by atoms with Crippen LogP contribution in [-0.2, 0) is 12.8 Å². The fraction of sp³-hybridized carbons (Fsp3) is 0.417. The van der Waals surface area contributed by atoms with Crippen LogP contribution in [0.25, 0.3) is 0 Å². The van der Waals surface area contributed by atoms with Gasteiger partial charge < -0.3 is 9.47 Å². The molecule has 1 aliphatic carbocycles. The fourth-order valence-corrected chi connectivity index (χ4v) is 5.54. The molecule has 0 radical (unpaired) electrons. The summed E-state index contributed by atoms with van der Waals surface area (Å²) in [6.07, 6.45) is 6.59. The van der Waals surface area contributed by atoms with E-state index < -0.39 is 0 Å². The number of hydrogen-bond donors (Lipinski definition) is 0. The molecule has 1 atom stereocenters. The van der Waals surface area contributed by atoms with Crippen LogP contribution in [0.2, 0.25) is 0 Å². The van der Waals surface area contributed by atoms with Gasteiger partial charge in [-0.05, 0) is 69.8 Å². The third-order valence-electron chi connectivity index (χ3n) is 5.51. The Hall–Kier alpha value is -2.10. The number of rotatable bonds is 6. The first kappa shape index (κ1) is 22.6. The molecule has 0 aliphatic heterocycles. The molecule has 4 nitrogen and oxygen atoms in total. The summed E-state index contributed by atoms with van der Waals surface area (Å²) in [6.45, 7) is 11.0. The first-order chi connectivity index (χ1) is 14.3. The molecule has 0 spiro atoms. The lowest BCUT2D eigenvalue weighted by atomic mass is 9.72. The predicted octanol–water partition coefficient (Wildman–Crippen LogP) is 6.86. The topological polar surface area (TPSA) is 54.6 Å². The van der Waals surface area contributed by atoms with E-state index in [0.29, 0.717) is 24.0 Å². The Morgan fingerprint density at radius 1 is 1.40 bits per heavy atom. The van der Waals surface area contributed by atoms with E-state index in [1.165, 1.54) is 10.4 Å². The zero-order valence-electron chi connectivity index (χ0n) is 17.9. The van der Waals surface area contributed by atoms with Crippen LogP contribution in [0.4, 0.5) is 5.00 Å². The molecule has 30 heavy (non-hydrogen) atoms. The first-order valence-corrected chi connectivity index (χ1v) is 11.6. The van der Waals surface area contributed by atoms with Crippen molar-refractivity contribution in [2.24, 2.45) is 16.3 Å². The molecule has 1 aliphatic rings. The van der Waals surface area contributed by atoms with Gasteiger partial charge in [-0.15, -0.1) is 11.3 Å². The molecule has 0 saturated heterocycles. The minimum Gasteiger partial charge on any atom is -0.493 e. The van der Waals surface area contributed by atoms with Crippen LogP contribution in [0.5, 0.6) is 11.5 Å². The predicted molar refractivity (Wildman–Crippen MR) is 128 cm³/mol. The highest BCUT2D eigenvalue weighted by molar-refractivity contribution is 9.10. The van der Waals surface area contributed by atoms with Gasteiger partial charge in [0.15, 0.2) is 11.5 Å². The van der Waals surface area contributed by atoms with Gasteiger partial charge in [0.25, 0.3) is 0 Å². The van der Waals surface area contributed by atoms with Crippen LogP contribution in [0.3, 0.4) is 0 Å². The Bertz CT molecular complexity index is 1010. The zero-order valence-corrected chi connectivity index (χ0v) is 20.3. The van der Waals surface area contributed by atoms with E-state index in [1.807, 2.05) is 12.1 Å². The molecule has 3 rings (SSSR count). The third-order valence-corrected chi connectivity index (χ3v) is 7.26. The number of halogens is 1. The zero-order chi connectivity index (χ0) is 21.9. The van der Waals surface area contributed by atoms with Crippen molar-refractivity contribution in [3.63, 3.8) is 0 Å². The molecule has 0 saturated carbocycles. The Kier molecular flexibility index (Phi) is 7.05. The number of thiophene rings is 1. The van der Waals surface area contributed by atoms with Crippen LogP contribution in [-0.4, -0.2) is 19.9 Å². The molecule has 1 heterocycles. The van der Waals surface area contributed by atoms with Crippen molar-refractivity contribution in [3.05, 3.63) is 50.8 Å². The molecular formula is C24H27BrN2O2S. The Morgan fingerprint density at radius 3 is 2.80 bits per heavy atom. The van der Waals surface area contributed by atoms with Crippen LogP contribution in [0.15, 0.2) is 34.3 Å². The summed E-state index contributed by atoms with van der Waals surface area (Å²) in [4.78, 5) is 6.00. The largest absolute Gasteiger partial charge is 0.493 e. The van der Waals surface area contributed by atoms with E-state index in [-0.39, 0.29) is 5.41 Å². The summed E-state index contributed by atoms with van der Waals surface area (Å²) in [5.74, 6) is 1.88. The van der Waals surface area contributed by atoms with E-state index in [1.54, 1.807) is 30.7 Å². The second-order valence-electron chi connectivity index (χ2n) is 8.49. The minimum atomic E-state index is 0.274. The van der Waals surface area contributed by atoms with Crippen LogP contribution >= 0.6 is 27.3 Å². The molecular weight excluding hydrogens is 460 g/mol. The summed E-state index contributed by atoms with van der Waals surface area (Å²) < 4.78 is 11.9. The molecule has 0 amide bonds. The monoisotopic (exact) mass is 486 g/mol. The summed E-state index contributed by atoms with van der Waals surface area (Å²) in [7, 11) is 1.61. The van der Waals surface area contributed by atoms with Crippen molar-refractivity contribution in [1.29, 1.82) is 5.26 Å². The maximum absolute atomic E-state index is 9.76. The van der Waals surface area contributed by atoms with Gasteiger partial charge in [0.1, 0.15) is 17.7 Å². The summed E-state index contributed by atoms with van der Waals surface area (Å²) in [6, 6.07) is 6.20. The lowest BCUT2D eigenvalue weighted by Gasteiger charge is -2.33. The van der Waals surface area contributed by atoms with Gasteiger partial charge in [-0.3, -0.25) is 0 Å². The quantitative estimate of drug-likeness (QED) is 0.331. The van der Waals surface area contributed by atoms with E-state index in [9.17, 15) is 5.26 Å². The second-order valence-corrected chi connectivity index (χ2v) is 10.4. The van der Waals surface area contributed by atoms with Gasteiger partial charge in [0.05, 0.1) is 17.1 Å². The lowest BCUT2D eigenvalue weighted by Crippen LogP contribution is -2.26. The Labute approximate surface area is 191 Å². The second kappa shape index (κ2) is 9.36. The number of hydrogen-bond acceptors (Lipinski definition) is 5. The number of fused-ring (bicyclic) bond motifs is 1. The molecule has 6 heteroatoms. The van der Waals surface area contributed by atoms with E-state index in [4.69, 9.17) is 9.47 Å². The van der Waals surface area contributed by atoms with Gasteiger partial charge in [0.2, 0.25) is 0 Å². The molecule has 1 aromatic carbocycles. The number of aliphatic imine (C=N–C) groups is 1. The molecule has 0 bridgehead atoms. The fourth-order valence-electron chi connectivity index (χ4n) is 3.75. The van der Waals surface area contributed by atoms with Gasteiger partial charge in [-0.25, -0.2) is 4.99 Å². The van der Waals surface area contributed by atoms with E-state index >= 15 is 0 Å². The molecule has 0 unspecified atom stereocenters. The van der Waals surface area contributed by atoms with Crippen molar-refractivity contribution in [2.45, 2.75) is 40.0 Å². The lowest BCUT2D eigenvalue weighted by molar-refractivity contribution is 0.218. The highest BCUT2D eigenvalue weighted by Gasteiger charge is 2.32. The van der Waals surface area contributed by atoms with E-state index in [0.717, 1.165) is 39.9 Å². The molecule has 0 fully saturated rings. The smallest absolute Gasteiger partial charge is 0.175 e. The average Bonchev–Trinajstić information content (AvgIpc) is 3.07. The van der Waals surface area contributed by atoms with Crippen molar-refractivity contribution in [1.82, 2.24) is 0 Å². The number of nitriles is 1. The van der Waals surface area contributed by atoms with Crippen LogP contribution in [0, 0.1) is 22.7 Å². The number of nitrogens with zero attached hydrogens (tertiary/aromatic N) is 2. The Balaban J connectivity index is 1.90. The Morgan fingerprint density at radius 2 is 2.17 bits per heavy atom. The summed E-state index contributed by atoms with van der Waals surface area (Å²) >= 11 is 5.20. The van der Waals surface area contributed by atoms with Crippen molar-refractivity contribution < 1.29 is 9.47 Å². The third kappa shape index (κ3) is 4.79. The maximum atomic E-state index is 9.76. The van der Waals surface area contributed by atoms with Crippen LogP contribution in [0.1, 0.15) is 48.8 Å². The normalized spacial score (nSPS) is 16.2. The molecule has 158 valence electrons. The van der Waals surface area contributed by atoms with Gasteiger partial charge in [-0.2, -0.15) is 5.26 Å². The standard InChI is InChI=1S/C24H27BrN2O2S/c1-6-9-29-22-19(25)10-15(11-20(22)28-5)14-27-23-18(13-26)17-8-7-16(24(2,3)4)12-21(17)30-23/h6,10-11,14,16H,1,7-9,12H2,2-5H3/t16-/m0/s1. The van der Waals surface area contributed by atoms with Crippen molar-refractivity contribution in [2.75, 3.05) is 13.7 Å². The molecule has 1 aromatic heterocycles. The van der Waals surface area contributed by atoms with Crippen LogP contribution < -0.4 is 9.47 Å². The van der Waals surface area contributed by atoms with Crippen molar-refractivity contribution >= 4 is 38.5 Å². The van der Waals surface area contributed by atoms with Crippen molar-refractivity contribution in [3.8, 4) is 17.6 Å². The average molecular weight is 487 g/mol. The molecule has 2 aromatic rings. The van der Waals surface area contributed by atoms with Gasteiger partial charge in [-0.1, -0.05) is 33.4 Å². The summed E-state index contributed by atoms with van der Waals surface area (Å²) in [5.41, 5.74) is 3.07. The minimum absolute atomic E-state index is 0.274. The van der Waals surface area contributed by atoms with E-state index in [2.05, 4.69) is 54.3 Å². The SMILES string of the molecule is C=CCOc1c(Br)cc(C=Nc2sc3c(c2C#N)CC[C@H](C(C)(C)C)C3)cc1OC. The highest BCUT2D eigenvalue weighted by Crippen LogP contribution is 2.45. The summed E-state index contributed by atoms with van der Waals surface area (Å²) in [5, 5.41) is 10.6. The first-order valence-electron chi connectivity index (χ1n) is 9.98. The number of benzene rings is 1.